The number of fused-ring (bicyclic) bond motifs is 1. The van der Waals surface area contributed by atoms with Crippen molar-refractivity contribution in [1.29, 1.82) is 0 Å². The Morgan fingerprint density at radius 3 is 2.71 bits per heavy atom. The number of thioether (sulfide) groups is 1. The molecule has 0 fully saturated rings. The lowest BCUT2D eigenvalue weighted by molar-refractivity contribution is -0.117. The van der Waals surface area contributed by atoms with Crippen LogP contribution >= 0.6 is 11.8 Å². The highest BCUT2D eigenvalue weighted by Gasteiger charge is 2.28. The van der Waals surface area contributed by atoms with Gasteiger partial charge < -0.3 is 20.1 Å². The molecular weight excluding hydrogens is 334 g/mol. The van der Waals surface area contributed by atoms with E-state index in [1.165, 1.54) is 24.9 Å². The SMILES string of the molecule is COC(=O)c1ccc2c(n1)NC(=O)[C@@H](NC(=O)OC(C)(C)C)CS2. The van der Waals surface area contributed by atoms with Gasteiger partial charge in [-0.15, -0.1) is 11.8 Å². The molecule has 1 aromatic heterocycles. The average Bonchev–Trinajstić information content (AvgIpc) is 2.63. The molecule has 2 amide bonds. The number of alkyl carbamates (subject to hydrolysis) is 1. The molecule has 24 heavy (non-hydrogen) atoms. The maximum atomic E-state index is 12.3. The number of methoxy groups -OCH3 is 1. The Hall–Kier alpha value is -2.29. The second-order valence-electron chi connectivity index (χ2n) is 6.03. The van der Waals surface area contributed by atoms with Gasteiger partial charge in [-0.25, -0.2) is 14.6 Å². The number of anilines is 1. The van der Waals surface area contributed by atoms with Crippen molar-refractivity contribution in [2.75, 3.05) is 18.2 Å². The molecule has 0 aromatic carbocycles. The van der Waals surface area contributed by atoms with Gasteiger partial charge in [-0.1, -0.05) is 0 Å². The van der Waals surface area contributed by atoms with E-state index in [0.717, 1.165) is 0 Å². The van der Waals surface area contributed by atoms with Gasteiger partial charge >= 0.3 is 12.1 Å². The molecule has 2 rings (SSSR count). The van der Waals surface area contributed by atoms with Crippen LogP contribution in [0.3, 0.4) is 0 Å². The van der Waals surface area contributed by atoms with Gasteiger partial charge in [0.25, 0.3) is 0 Å². The molecule has 0 spiro atoms. The topological polar surface area (TPSA) is 107 Å². The van der Waals surface area contributed by atoms with Gasteiger partial charge in [0.05, 0.1) is 12.0 Å². The molecule has 2 N–H and O–H groups in total. The summed E-state index contributed by atoms with van der Waals surface area (Å²) in [6.45, 7) is 5.22. The number of amides is 2. The van der Waals surface area contributed by atoms with Crippen LogP contribution in [0.4, 0.5) is 10.6 Å². The largest absolute Gasteiger partial charge is 0.464 e. The van der Waals surface area contributed by atoms with Gasteiger partial charge in [0.15, 0.2) is 5.69 Å². The van der Waals surface area contributed by atoms with Crippen LogP contribution in [-0.4, -0.2) is 47.5 Å². The Balaban J connectivity index is 2.11. The van der Waals surface area contributed by atoms with Crippen LogP contribution in [0.1, 0.15) is 31.3 Å². The van der Waals surface area contributed by atoms with Crippen molar-refractivity contribution in [2.45, 2.75) is 37.3 Å². The van der Waals surface area contributed by atoms with Gasteiger partial charge in [0.1, 0.15) is 17.5 Å². The number of nitrogens with one attached hydrogen (secondary N) is 2. The molecule has 0 unspecified atom stereocenters. The zero-order chi connectivity index (χ0) is 17.9. The fourth-order valence-electron chi connectivity index (χ4n) is 1.88. The van der Waals surface area contributed by atoms with E-state index < -0.39 is 29.6 Å². The lowest BCUT2D eigenvalue weighted by Gasteiger charge is -2.22. The number of hydrogen-bond donors (Lipinski definition) is 2. The number of nitrogens with zero attached hydrogens (tertiary/aromatic N) is 1. The molecule has 0 bridgehead atoms. The van der Waals surface area contributed by atoms with Crippen LogP contribution in [0.2, 0.25) is 0 Å². The molecule has 1 atom stereocenters. The molecule has 1 aromatic rings. The molecule has 130 valence electrons. The molecule has 0 saturated heterocycles. The summed E-state index contributed by atoms with van der Waals surface area (Å²) >= 11 is 1.34. The second kappa shape index (κ2) is 7.08. The van der Waals surface area contributed by atoms with E-state index in [1.807, 2.05) is 0 Å². The van der Waals surface area contributed by atoms with Gasteiger partial charge in [0, 0.05) is 5.75 Å². The number of hydrogen-bond acceptors (Lipinski definition) is 7. The summed E-state index contributed by atoms with van der Waals surface area (Å²) in [5.41, 5.74) is -0.561. The molecule has 1 aliphatic rings. The third kappa shape index (κ3) is 4.60. The van der Waals surface area contributed by atoms with Crippen molar-refractivity contribution in [2.24, 2.45) is 0 Å². The Labute approximate surface area is 143 Å². The summed E-state index contributed by atoms with van der Waals surface area (Å²) in [4.78, 5) is 40.4. The number of pyridine rings is 1. The highest BCUT2D eigenvalue weighted by Crippen LogP contribution is 2.29. The fraction of sp³-hybridized carbons (Fsp3) is 0.467. The molecule has 8 nitrogen and oxygen atoms in total. The first kappa shape index (κ1) is 18.1. The van der Waals surface area contributed by atoms with Crippen molar-refractivity contribution in [1.82, 2.24) is 10.3 Å². The number of rotatable bonds is 2. The number of ether oxygens (including phenoxy) is 2. The Bertz CT molecular complexity index is 672. The molecular formula is C15H19N3O5S. The average molecular weight is 353 g/mol. The highest BCUT2D eigenvalue weighted by molar-refractivity contribution is 7.99. The van der Waals surface area contributed by atoms with E-state index in [9.17, 15) is 14.4 Å². The summed E-state index contributed by atoms with van der Waals surface area (Å²) in [6.07, 6.45) is -0.669. The minimum Gasteiger partial charge on any atom is -0.464 e. The first-order chi connectivity index (χ1) is 11.2. The fourth-order valence-corrected chi connectivity index (χ4v) is 2.86. The molecule has 0 saturated carbocycles. The van der Waals surface area contributed by atoms with Crippen LogP contribution in [0.15, 0.2) is 17.0 Å². The Kier molecular flexibility index (Phi) is 5.33. The summed E-state index contributed by atoms with van der Waals surface area (Å²) in [7, 11) is 1.25. The maximum Gasteiger partial charge on any atom is 0.408 e. The van der Waals surface area contributed by atoms with Gasteiger partial charge in [-0.2, -0.15) is 0 Å². The van der Waals surface area contributed by atoms with Crippen LogP contribution in [0.25, 0.3) is 0 Å². The van der Waals surface area contributed by atoms with Gasteiger partial charge in [-0.3, -0.25) is 4.79 Å². The van der Waals surface area contributed by atoms with E-state index in [-0.39, 0.29) is 11.5 Å². The smallest absolute Gasteiger partial charge is 0.408 e. The van der Waals surface area contributed by atoms with Gasteiger partial charge in [-0.05, 0) is 32.9 Å². The predicted octanol–water partition coefficient (Wildman–Crippen LogP) is 1.81. The van der Waals surface area contributed by atoms with E-state index in [0.29, 0.717) is 10.6 Å². The summed E-state index contributed by atoms with van der Waals surface area (Å²) < 4.78 is 9.77. The molecule has 0 aliphatic carbocycles. The number of carbonyl (C=O) groups excluding carboxylic acids is 3. The first-order valence-corrected chi connectivity index (χ1v) is 8.20. The predicted molar refractivity (Wildman–Crippen MR) is 88.1 cm³/mol. The van der Waals surface area contributed by atoms with E-state index in [1.54, 1.807) is 26.8 Å². The lowest BCUT2D eigenvalue weighted by atomic mass is 10.2. The standard InChI is InChI=1S/C15H19N3O5S/c1-15(2,3)23-14(21)17-9-7-24-10-6-5-8(13(20)22-4)16-11(10)18-12(9)19/h5-6,9H,7H2,1-4H3,(H,17,21)(H,16,18,19)/t9-/m0/s1. The zero-order valence-corrected chi connectivity index (χ0v) is 14.7. The quantitative estimate of drug-likeness (QED) is 0.781. The number of esters is 1. The van der Waals surface area contributed by atoms with Crippen molar-refractivity contribution >= 4 is 35.5 Å². The summed E-state index contributed by atoms with van der Waals surface area (Å²) in [5.74, 6) is -0.440. The zero-order valence-electron chi connectivity index (χ0n) is 13.8. The van der Waals surface area contributed by atoms with Crippen molar-refractivity contribution in [3.63, 3.8) is 0 Å². The first-order valence-electron chi connectivity index (χ1n) is 7.22. The molecule has 2 heterocycles. The minimum absolute atomic E-state index is 0.0932. The number of carbonyl (C=O) groups is 3. The number of aromatic nitrogens is 1. The van der Waals surface area contributed by atoms with Crippen LogP contribution in [0, 0.1) is 0 Å². The molecule has 1 aliphatic heterocycles. The van der Waals surface area contributed by atoms with Crippen LogP contribution < -0.4 is 10.6 Å². The van der Waals surface area contributed by atoms with Crippen LogP contribution in [-0.2, 0) is 14.3 Å². The third-order valence-electron chi connectivity index (χ3n) is 2.91. The van der Waals surface area contributed by atoms with Crippen molar-refractivity contribution in [3.05, 3.63) is 17.8 Å². The summed E-state index contributed by atoms with van der Waals surface area (Å²) in [6, 6.07) is 2.42. The minimum atomic E-state index is -0.777. The summed E-state index contributed by atoms with van der Waals surface area (Å²) in [5, 5.41) is 5.15. The molecule has 9 heteroatoms. The normalized spacial score (nSPS) is 17.2. The van der Waals surface area contributed by atoms with E-state index in [4.69, 9.17) is 4.74 Å². The monoisotopic (exact) mass is 353 g/mol. The Morgan fingerprint density at radius 2 is 2.08 bits per heavy atom. The Morgan fingerprint density at radius 1 is 1.38 bits per heavy atom. The van der Waals surface area contributed by atoms with Crippen molar-refractivity contribution < 1.29 is 23.9 Å². The molecule has 0 radical (unpaired) electrons. The van der Waals surface area contributed by atoms with Crippen LogP contribution in [0.5, 0.6) is 0 Å². The maximum absolute atomic E-state index is 12.3. The lowest BCUT2D eigenvalue weighted by Crippen LogP contribution is -2.46. The van der Waals surface area contributed by atoms with E-state index >= 15 is 0 Å². The van der Waals surface area contributed by atoms with Crippen molar-refractivity contribution in [3.8, 4) is 0 Å². The third-order valence-corrected chi connectivity index (χ3v) is 4.05. The van der Waals surface area contributed by atoms with E-state index in [2.05, 4.69) is 20.4 Å². The van der Waals surface area contributed by atoms with Gasteiger partial charge in [0.2, 0.25) is 5.91 Å². The highest BCUT2D eigenvalue weighted by atomic mass is 32.2. The second-order valence-corrected chi connectivity index (χ2v) is 7.10.